The van der Waals surface area contributed by atoms with Gasteiger partial charge in [-0.1, -0.05) is 48.5 Å². The van der Waals surface area contributed by atoms with Crippen LogP contribution in [0.1, 0.15) is 36.7 Å². The van der Waals surface area contributed by atoms with Gasteiger partial charge in [0.25, 0.3) is 5.91 Å². The Labute approximate surface area is 160 Å². The predicted molar refractivity (Wildman–Crippen MR) is 108 cm³/mol. The first-order valence-electron chi connectivity index (χ1n) is 8.93. The zero-order valence-corrected chi connectivity index (χ0v) is 15.9. The van der Waals surface area contributed by atoms with Crippen LogP contribution < -0.4 is 10.2 Å². The second-order valence-corrected chi connectivity index (χ2v) is 7.38. The second-order valence-electron chi connectivity index (χ2n) is 7.38. The van der Waals surface area contributed by atoms with Crippen molar-refractivity contribution in [2.45, 2.75) is 32.9 Å². The molecule has 5 heteroatoms. The number of hydrogen-bond acceptors (Lipinski definition) is 4. The summed E-state index contributed by atoms with van der Waals surface area (Å²) < 4.78 is 0. The number of anilines is 2. The van der Waals surface area contributed by atoms with Crippen molar-refractivity contribution >= 4 is 17.5 Å². The minimum Gasteiger partial charge on any atom is -0.347 e. The monoisotopic (exact) mass is 360 g/mol. The largest absolute Gasteiger partial charge is 0.347 e. The molecule has 3 rings (SSSR count). The van der Waals surface area contributed by atoms with Crippen molar-refractivity contribution < 1.29 is 4.79 Å². The van der Waals surface area contributed by atoms with Gasteiger partial charge in [0, 0.05) is 23.6 Å². The van der Waals surface area contributed by atoms with E-state index in [4.69, 9.17) is 0 Å². The number of amides is 1. The van der Waals surface area contributed by atoms with Gasteiger partial charge in [-0.2, -0.15) is 0 Å². The second kappa shape index (κ2) is 7.99. The Bertz CT molecular complexity index is 872. The summed E-state index contributed by atoms with van der Waals surface area (Å²) in [7, 11) is 0. The van der Waals surface area contributed by atoms with Gasteiger partial charge in [0.1, 0.15) is 0 Å². The zero-order valence-electron chi connectivity index (χ0n) is 15.9. The van der Waals surface area contributed by atoms with E-state index < -0.39 is 0 Å². The first-order valence-corrected chi connectivity index (χ1v) is 8.93. The van der Waals surface area contributed by atoms with E-state index in [-0.39, 0.29) is 11.4 Å². The standard InChI is InChI=1S/C22H24N4O/c1-22(2,3)25-20(27)18-14-23-21(24-15-18)26(19-12-8-5-9-13-19)16-17-10-6-4-7-11-17/h4-15H,16H2,1-3H3,(H,25,27). The minimum atomic E-state index is -0.306. The lowest BCUT2D eigenvalue weighted by molar-refractivity contribution is 0.0919. The molecule has 1 amide bonds. The van der Waals surface area contributed by atoms with Crippen molar-refractivity contribution in [3.8, 4) is 0 Å². The molecule has 0 aliphatic rings. The maximum absolute atomic E-state index is 12.3. The van der Waals surface area contributed by atoms with Crippen molar-refractivity contribution in [3.63, 3.8) is 0 Å². The molecular weight excluding hydrogens is 336 g/mol. The van der Waals surface area contributed by atoms with Gasteiger partial charge in [-0.3, -0.25) is 4.79 Å². The normalized spacial score (nSPS) is 11.1. The van der Waals surface area contributed by atoms with Crippen LogP contribution in [0.5, 0.6) is 0 Å². The molecule has 0 saturated heterocycles. The molecule has 0 fully saturated rings. The summed E-state index contributed by atoms with van der Waals surface area (Å²) in [6, 6.07) is 20.2. The van der Waals surface area contributed by atoms with Gasteiger partial charge in [-0.05, 0) is 38.5 Å². The van der Waals surface area contributed by atoms with Crippen molar-refractivity contribution in [1.29, 1.82) is 0 Å². The Kier molecular flexibility index (Phi) is 5.50. The molecule has 0 aliphatic carbocycles. The summed E-state index contributed by atoms with van der Waals surface area (Å²) in [6.45, 7) is 6.46. The van der Waals surface area contributed by atoms with Gasteiger partial charge < -0.3 is 10.2 Å². The fourth-order valence-electron chi connectivity index (χ4n) is 2.64. The third kappa shape index (κ3) is 5.14. The first-order chi connectivity index (χ1) is 12.9. The summed E-state index contributed by atoms with van der Waals surface area (Å²) in [4.78, 5) is 23.2. The van der Waals surface area contributed by atoms with Gasteiger partial charge >= 0.3 is 0 Å². The van der Waals surface area contributed by atoms with Gasteiger partial charge in [0.05, 0.1) is 12.1 Å². The molecule has 3 aromatic rings. The van der Waals surface area contributed by atoms with Crippen LogP contribution in [0.2, 0.25) is 0 Å². The number of carbonyl (C=O) groups is 1. The molecule has 0 atom stereocenters. The molecule has 0 unspecified atom stereocenters. The Morgan fingerprint density at radius 3 is 2.04 bits per heavy atom. The summed E-state index contributed by atoms with van der Waals surface area (Å²) in [5, 5.41) is 2.92. The topological polar surface area (TPSA) is 58.1 Å². The average molecular weight is 360 g/mol. The van der Waals surface area contributed by atoms with Crippen molar-refractivity contribution in [1.82, 2.24) is 15.3 Å². The maximum Gasteiger partial charge on any atom is 0.254 e. The van der Waals surface area contributed by atoms with Crippen LogP contribution in [-0.4, -0.2) is 21.4 Å². The van der Waals surface area contributed by atoms with Gasteiger partial charge in [0.15, 0.2) is 0 Å². The van der Waals surface area contributed by atoms with Crippen LogP contribution in [0.4, 0.5) is 11.6 Å². The number of rotatable bonds is 5. The van der Waals surface area contributed by atoms with Crippen LogP contribution in [0.3, 0.4) is 0 Å². The number of carbonyl (C=O) groups excluding carboxylic acids is 1. The molecule has 27 heavy (non-hydrogen) atoms. The third-order valence-corrected chi connectivity index (χ3v) is 3.88. The fraction of sp³-hybridized carbons (Fsp3) is 0.227. The van der Waals surface area contributed by atoms with Crippen LogP contribution >= 0.6 is 0 Å². The molecule has 0 spiro atoms. The average Bonchev–Trinajstić information content (AvgIpc) is 2.66. The number of para-hydroxylation sites is 1. The Balaban J connectivity index is 1.87. The fourth-order valence-corrected chi connectivity index (χ4v) is 2.64. The lowest BCUT2D eigenvalue weighted by atomic mass is 10.1. The quantitative estimate of drug-likeness (QED) is 0.735. The van der Waals surface area contributed by atoms with E-state index >= 15 is 0 Å². The Morgan fingerprint density at radius 2 is 1.48 bits per heavy atom. The lowest BCUT2D eigenvalue weighted by Crippen LogP contribution is -2.40. The highest BCUT2D eigenvalue weighted by Gasteiger charge is 2.17. The van der Waals surface area contributed by atoms with Crippen molar-refractivity contribution in [3.05, 3.63) is 84.2 Å². The SMILES string of the molecule is CC(C)(C)NC(=O)c1cnc(N(Cc2ccccc2)c2ccccc2)nc1. The van der Waals surface area contributed by atoms with E-state index in [1.54, 1.807) is 12.4 Å². The van der Waals surface area contributed by atoms with Crippen LogP contribution in [-0.2, 0) is 6.54 Å². The highest BCUT2D eigenvalue weighted by Crippen LogP contribution is 2.24. The van der Waals surface area contributed by atoms with E-state index in [1.165, 1.54) is 0 Å². The van der Waals surface area contributed by atoms with Gasteiger partial charge in [0.2, 0.25) is 5.95 Å². The van der Waals surface area contributed by atoms with E-state index in [1.807, 2.05) is 74.2 Å². The Hall–Kier alpha value is -3.21. The highest BCUT2D eigenvalue weighted by molar-refractivity contribution is 5.94. The van der Waals surface area contributed by atoms with Gasteiger partial charge in [-0.25, -0.2) is 9.97 Å². The molecule has 1 aromatic heterocycles. The van der Waals surface area contributed by atoms with E-state index in [0.717, 1.165) is 11.3 Å². The maximum atomic E-state index is 12.3. The molecule has 0 radical (unpaired) electrons. The molecule has 1 N–H and O–H groups in total. The van der Waals surface area contributed by atoms with Crippen LogP contribution in [0.15, 0.2) is 73.1 Å². The van der Waals surface area contributed by atoms with E-state index in [9.17, 15) is 4.79 Å². The molecule has 0 aliphatic heterocycles. The number of hydrogen-bond donors (Lipinski definition) is 1. The minimum absolute atomic E-state index is 0.177. The number of benzene rings is 2. The third-order valence-electron chi connectivity index (χ3n) is 3.88. The molecule has 138 valence electrons. The van der Waals surface area contributed by atoms with Gasteiger partial charge in [-0.15, -0.1) is 0 Å². The molecule has 2 aromatic carbocycles. The van der Waals surface area contributed by atoms with E-state index in [2.05, 4.69) is 27.4 Å². The molecule has 5 nitrogen and oxygen atoms in total. The van der Waals surface area contributed by atoms with Crippen molar-refractivity contribution in [2.24, 2.45) is 0 Å². The predicted octanol–water partition coefficient (Wildman–Crippen LogP) is 4.34. The number of nitrogens with zero attached hydrogens (tertiary/aromatic N) is 3. The summed E-state index contributed by atoms with van der Waals surface area (Å²) >= 11 is 0. The summed E-state index contributed by atoms with van der Waals surface area (Å²) in [5.74, 6) is 0.376. The number of nitrogens with one attached hydrogen (secondary N) is 1. The highest BCUT2D eigenvalue weighted by atomic mass is 16.1. The van der Waals surface area contributed by atoms with Crippen molar-refractivity contribution in [2.75, 3.05) is 4.90 Å². The van der Waals surface area contributed by atoms with E-state index in [0.29, 0.717) is 18.1 Å². The molecule has 0 saturated carbocycles. The van der Waals surface area contributed by atoms with Crippen LogP contribution in [0, 0.1) is 0 Å². The molecule has 0 bridgehead atoms. The lowest BCUT2D eigenvalue weighted by Gasteiger charge is -2.23. The molecular formula is C22H24N4O. The first kappa shape index (κ1) is 18.6. The number of aromatic nitrogens is 2. The summed E-state index contributed by atoms with van der Waals surface area (Å²) in [6.07, 6.45) is 3.15. The summed E-state index contributed by atoms with van der Waals surface area (Å²) in [5.41, 5.74) is 2.29. The zero-order chi connectivity index (χ0) is 19.3. The Morgan fingerprint density at radius 1 is 0.926 bits per heavy atom. The van der Waals surface area contributed by atoms with Crippen LogP contribution in [0.25, 0.3) is 0 Å². The molecule has 1 heterocycles. The smallest absolute Gasteiger partial charge is 0.254 e.